The second-order valence-corrected chi connectivity index (χ2v) is 11.2. The van der Waals surface area contributed by atoms with Gasteiger partial charge in [0.1, 0.15) is 18.3 Å². The van der Waals surface area contributed by atoms with Crippen molar-refractivity contribution < 1.29 is 22.7 Å². The van der Waals surface area contributed by atoms with E-state index < -0.39 is 28.5 Å². The lowest BCUT2D eigenvalue weighted by atomic mass is 10.1. The standard InChI is InChI=1S/C30H37N3O5S/c1-6-31-30(35)24(5)32(20-25-12-8-22(3)9-13-25)29(34)21-33(26-14-16-27(17-15-26)38-7-2)39(36,37)28-18-10-23(4)11-19-28/h8-19,24H,6-7,20-21H2,1-5H3,(H,31,35)/t24-/m1/s1. The van der Waals surface area contributed by atoms with E-state index in [9.17, 15) is 18.0 Å². The van der Waals surface area contributed by atoms with Crippen molar-refractivity contribution in [2.24, 2.45) is 0 Å². The lowest BCUT2D eigenvalue weighted by Gasteiger charge is -2.32. The number of amides is 2. The van der Waals surface area contributed by atoms with Gasteiger partial charge < -0.3 is 15.0 Å². The highest BCUT2D eigenvalue weighted by molar-refractivity contribution is 7.92. The topological polar surface area (TPSA) is 96.0 Å². The van der Waals surface area contributed by atoms with Crippen LogP contribution in [0.4, 0.5) is 5.69 Å². The van der Waals surface area contributed by atoms with Gasteiger partial charge in [-0.15, -0.1) is 0 Å². The van der Waals surface area contributed by atoms with Crippen LogP contribution < -0.4 is 14.4 Å². The lowest BCUT2D eigenvalue weighted by molar-refractivity contribution is -0.139. The number of sulfonamides is 1. The van der Waals surface area contributed by atoms with Crippen molar-refractivity contribution in [3.8, 4) is 5.75 Å². The molecule has 0 saturated heterocycles. The molecule has 0 unspecified atom stereocenters. The summed E-state index contributed by atoms with van der Waals surface area (Å²) in [6.07, 6.45) is 0. The molecule has 9 heteroatoms. The highest BCUT2D eigenvalue weighted by Gasteiger charge is 2.32. The number of hydrogen-bond acceptors (Lipinski definition) is 5. The van der Waals surface area contributed by atoms with Crippen LogP contribution in [0.3, 0.4) is 0 Å². The Bertz CT molecular complexity index is 1360. The molecular formula is C30H37N3O5S. The van der Waals surface area contributed by atoms with Gasteiger partial charge in [-0.2, -0.15) is 0 Å². The van der Waals surface area contributed by atoms with Crippen molar-refractivity contribution in [2.45, 2.75) is 52.1 Å². The SMILES string of the molecule is CCNC(=O)[C@@H](C)N(Cc1ccc(C)cc1)C(=O)CN(c1ccc(OCC)cc1)S(=O)(=O)c1ccc(C)cc1. The Labute approximate surface area is 231 Å². The molecule has 3 rings (SSSR count). The first kappa shape index (κ1) is 29.7. The quantitative estimate of drug-likeness (QED) is 0.359. The minimum atomic E-state index is -4.11. The van der Waals surface area contributed by atoms with Gasteiger partial charge in [0, 0.05) is 13.1 Å². The molecule has 3 aromatic carbocycles. The van der Waals surface area contributed by atoms with E-state index in [1.807, 2.05) is 45.0 Å². The van der Waals surface area contributed by atoms with Crippen LogP contribution in [0.2, 0.25) is 0 Å². The predicted octanol–water partition coefficient (Wildman–Crippen LogP) is 4.45. The van der Waals surface area contributed by atoms with E-state index >= 15 is 0 Å². The summed E-state index contributed by atoms with van der Waals surface area (Å²) in [4.78, 5) is 28.1. The van der Waals surface area contributed by atoms with Crippen molar-refractivity contribution in [3.63, 3.8) is 0 Å². The van der Waals surface area contributed by atoms with Gasteiger partial charge in [-0.25, -0.2) is 8.42 Å². The van der Waals surface area contributed by atoms with Crippen LogP contribution in [0, 0.1) is 13.8 Å². The fourth-order valence-electron chi connectivity index (χ4n) is 4.04. The van der Waals surface area contributed by atoms with E-state index in [1.165, 1.54) is 17.0 Å². The van der Waals surface area contributed by atoms with Crippen molar-refractivity contribution in [1.29, 1.82) is 0 Å². The summed E-state index contributed by atoms with van der Waals surface area (Å²) in [6, 6.07) is 19.9. The summed E-state index contributed by atoms with van der Waals surface area (Å²) in [5.74, 6) is -0.225. The van der Waals surface area contributed by atoms with Gasteiger partial charge in [0.05, 0.1) is 17.2 Å². The van der Waals surface area contributed by atoms with Crippen LogP contribution in [0.15, 0.2) is 77.7 Å². The summed E-state index contributed by atoms with van der Waals surface area (Å²) in [5, 5.41) is 2.76. The van der Waals surface area contributed by atoms with Crippen molar-refractivity contribution in [2.75, 3.05) is 24.0 Å². The van der Waals surface area contributed by atoms with Crippen molar-refractivity contribution >= 4 is 27.5 Å². The van der Waals surface area contributed by atoms with Crippen LogP contribution in [0.25, 0.3) is 0 Å². The molecular weight excluding hydrogens is 514 g/mol. The summed E-state index contributed by atoms with van der Waals surface area (Å²) >= 11 is 0. The molecule has 208 valence electrons. The monoisotopic (exact) mass is 551 g/mol. The summed E-state index contributed by atoms with van der Waals surface area (Å²) in [7, 11) is -4.11. The number of benzene rings is 3. The van der Waals surface area contributed by atoms with Crippen LogP contribution >= 0.6 is 0 Å². The Hall–Kier alpha value is -3.85. The highest BCUT2D eigenvalue weighted by Crippen LogP contribution is 2.27. The predicted molar refractivity (Wildman–Crippen MR) is 153 cm³/mol. The number of anilines is 1. The van der Waals surface area contributed by atoms with Gasteiger partial charge in [0.25, 0.3) is 10.0 Å². The molecule has 1 atom stereocenters. The zero-order valence-electron chi connectivity index (χ0n) is 23.2. The molecule has 0 aliphatic rings. The van der Waals surface area contributed by atoms with Gasteiger partial charge in [-0.05, 0) is 76.6 Å². The van der Waals surface area contributed by atoms with E-state index in [2.05, 4.69) is 5.32 Å². The van der Waals surface area contributed by atoms with Crippen LogP contribution in [0.1, 0.15) is 37.5 Å². The molecule has 0 bridgehead atoms. The Morgan fingerprint density at radius 3 is 1.97 bits per heavy atom. The second kappa shape index (κ2) is 13.3. The third kappa shape index (κ3) is 7.60. The Balaban J connectivity index is 2.02. The third-order valence-corrected chi connectivity index (χ3v) is 8.10. The van der Waals surface area contributed by atoms with E-state index in [1.54, 1.807) is 50.2 Å². The average molecular weight is 552 g/mol. The number of hydrogen-bond donors (Lipinski definition) is 1. The first-order chi connectivity index (χ1) is 18.6. The Morgan fingerprint density at radius 2 is 1.44 bits per heavy atom. The van der Waals surface area contributed by atoms with Gasteiger partial charge in [0.15, 0.2) is 0 Å². The molecule has 0 aliphatic carbocycles. The minimum Gasteiger partial charge on any atom is -0.494 e. The van der Waals surface area contributed by atoms with Crippen LogP contribution in [-0.2, 0) is 26.2 Å². The number of nitrogens with one attached hydrogen (secondary N) is 1. The number of nitrogens with zero attached hydrogens (tertiary/aromatic N) is 2. The number of carbonyl (C=O) groups excluding carboxylic acids is 2. The maximum atomic E-state index is 13.9. The fourth-order valence-corrected chi connectivity index (χ4v) is 5.45. The van der Waals surface area contributed by atoms with Crippen LogP contribution in [-0.4, -0.2) is 50.9 Å². The number of carbonyl (C=O) groups is 2. The number of likely N-dealkylation sites (N-methyl/N-ethyl adjacent to an activating group) is 1. The number of aryl methyl sites for hydroxylation is 2. The van der Waals surface area contributed by atoms with E-state index in [0.717, 1.165) is 21.0 Å². The largest absolute Gasteiger partial charge is 0.494 e. The van der Waals surface area contributed by atoms with Gasteiger partial charge in [0.2, 0.25) is 11.8 Å². The molecule has 2 amide bonds. The normalized spacial score (nSPS) is 11.9. The summed E-state index contributed by atoms with van der Waals surface area (Å²) in [6.45, 7) is 9.69. The van der Waals surface area contributed by atoms with E-state index in [4.69, 9.17) is 4.74 Å². The van der Waals surface area contributed by atoms with Crippen molar-refractivity contribution in [1.82, 2.24) is 10.2 Å². The molecule has 8 nitrogen and oxygen atoms in total. The Kier molecular flexibility index (Phi) is 10.1. The molecule has 39 heavy (non-hydrogen) atoms. The van der Waals surface area contributed by atoms with Crippen molar-refractivity contribution in [3.05, 3.63) is 89.5 Å². The van der Waals surface area contributed by atoms with E-state index in [-0.39, 0.29) is 17.3 Å². The molecule has 0 aliphatic heterocycles. The Morgan fingerprint density at radius 1 is 0.872 bits per heavy atom. The minimum absolute atomic E-state index is 0.0663. The molecule has 0 aromatic heterocycles. The van der Waals surface area contributed by atoms with E-state index in [0.29, 0.717) is 24.6 Å². The number of ether oxygens (including phenoxy) is 1. The van der Waals surface area contributed by atoms with Crippen LogP contribution in [0.5, 0.6) is 5.75 Å². The first-order valence-corrected chi connectivity index (χ1v) is 14.5. The molecule has 0 radical (unpaired) electrons. The first-order valence-electron chi connectivity index (χ1n) is 13.0. The maximum absolute atomic E-state index is 13.9. The molecule has 0 saturated carbocycles. The summed E-state index contributed by atoms with van der Waals surface area (Å²) < 4.78 is 34.3. The maximum Gasteiger partial charge on any atom is 0.264 e. The highest BCUT2D eigenvalue weighted by atomic mass is 32.2. The van der Waals surface area contributed by atoms with Gasteiger partial charge in [-0.1, -0.05) is 47.5 Å². The number of rotatable bonds is 12. The summed E-state index contributed by atoms with van der Waals surface area (Å²) in [5.41, 5.74) is 3.13. The molecule has 3 aromatic rings. The molecule has 0 fully saturated rings. The third-order valence-electron chi connectivity index (χ3n) is 6.32. The zero-order valence-corrected chi connectivity index (χ0v) is 24.0. The smallest absolute Gasteiger partial charge is 0.264 e. The zero-order chi connectivity index (χ0) is 28.6. The van der Waals surface area contributed by atoms with Gasteiger partial charge >= 0.3 is 0 Å². The molecule has 0 heterocycles. The lowest BCUT2D eigenvalue weighted by Crippen LogP contribution is -2.51. The average Bonchev–Trinajstić information content (AvgIpc) is 2.92. The second-order valence-electron chi connectivity index (χ2n) is 9.33. The molecule has 0 spiro atoms. The van der Waals surface area contributed by atoms with Gasteiger partial charge in [-0.3, -0.25) is 13.9 Å². The fraction of sp³-hybridized carbons (Fsp3) is 0.333. The molecule has 1 N–H and O–H groups in total.